The lowest BCUT2D eigenvalue weighted by Gasteiger charge is -2.24. The van der Waals surface area contributed by atoms with Gasteiger partial charge in [0.15, 0.2) is 0 Å². The number of carboxylic acids is 1. The highest BCUT2D eigenvalue weighted by molar-refractivity contribution is 6.17. The Kier molecular flexibility index (Phi) is 5.42. The molecule has 1 fully saturated rings. The third-order valence-electron chi connectivity index (χ3n) is 5.84. The second-order valence-electron chi connectivity index (χ2n) is 8.58. The Morgan fingerprint density at radius 2 is 2.03 bits per heavy atom. The molecular formula is C22H28N4O4. The number of hydrogen-bond acceptors (Lipinski definition) is 5. The molecule has 4 N–H and O–H groups in total. The molecule has 160 valence electrons. The molecule has 0 atom stereocenters. The predicted molar refractivity (Wildman–Crippen MR) is 115 cm³/mol. The largest absolute Gasteiger partial charge is 0.478 e. The van der Waals surface area contributed by atoms with E-state index in [0.717, 1.165) is 36.1 Å². The molecule has 1 amide bonds. The lowest BCUT2D eigenvalue weighted by Crippen LogP contribution is -2.35. The molecule has 0 unspecified atom stereocenters. The van der Waals surface area contributed by atoms with Crippen LogP contribution in [0.25, 0.3) is 16.5 Å². The highest BCUT2D eigenvalue weighted by atomic mass is 16.6. The normalized spacial score (nSPS) is 18.3. The molecule has 8 heteroatoms. The molecule has 0 bridgehead atoms. The molecule has 30 heavy (non-hydrogen) atoms. The van der Waals surface area contributed by atoms with Crippen LogP contribution in [0, 0.1) is 0 Å². The second-order valence-corrected chi connectivity index (χ2v) is 8.58. The monoisotopic (exact) mass is 412 g/mol. The zero-order valence-corrected chi connectivity index (χ0v) is 17.4. The molecule has 2 aliphatic heterocycles. The first-order valence-electron chi connectivity index (χ1n) is 10.4. The summed E-state index contributed by atoms with van der Waals surface area (Å²) in [6, 6.07) is 5.37. The Bertz CT molecular complexity index is 1000. The van der Waals surface area contributed by atoms with E-state index in [9.17, 15) is 14.7 Å². The summed E-state index contributed by atoms with van der Waals surface area (Å²) in [7, 11) is 0. The Morgan fingerprint density at radius 1 is 1.27 bits per heavy atom. The van der Waals surface area contributed by atoms with Crippen LogP contribution < -0.4 is 15.4 Å². The van der Waals surface area contributed by atoms with Crippen LogP contribution >= 0.6 is 0 Å². The number of benzene rings is 1. The van der Waals surface area contributed by atoms with Gasteiger partial charge in [0.2, 0.25) is 0 Å². The summed E-state index contributed by atoms with van der Waals surface area (Å²) >= 11 is 0. The maximum atomic E-state index is 12.1. The summed E-state index contributed by atoms with van der Waals surface area (Å²) in [5.41, 5.74) is 2.17. The van der Waals surface area contributed by atoms with E-state index in [0.29, 0.717) is 24.5 Å². The van der Waals surface area contributed by atoms with E-state index in [-0.39, 0.29) is 11.0 Å². The lowest BCUT2D eigenvalue weighted by molar-refractivity contribution is -0.130. The van der Waals surface area contributed by atoms with Gasteiger partial charge in [0.1, 0.15) is 5.75 Å². The van der Waals surface area contributed by atoms with Crippen LogP contribution in [0.1, 0.15) is 37.9 Å². The number of aliphatic carboxylic acids is 1. The molecule has 2 aromatic rings. The van der Waals surface area contributed by atoms with Gasteiger partial charge in [0, 0.05) is 48.2 Å². The summed E-state index contributed by atoms with van der Waals surface area (Å²) in [5, 5.41) is 16.4. The summed E-state index contributed by atoms with van der Waals surface area (Å²) < 4.78 is 5.44. The number of likely N-dealkylation sites (tertiary alicyclic amines) is 1. The quantitative estimate of drug-likeness (QED) is 0.602. The van der Waals surface area contributed by atoms with Gasteiger partial charge < -0.3 is 30.4 Å². The van der Waals surface area contributed by atoms with Crippen LogP contribution in [0.2, 0.25) is 0 Å². The molecule has 0 saturated carbocycles. The number of aromatic nitrogens is 1. The number of rotatable bonds is 5. The molecule has 0 spiro atoms. The molecule has 3 heterocycles. The summed E-state index contributed by atoms with van der Waals surface area (Å²) in [6.07, 6.45) is 3.49. The van der Waals surface area contributed by atoms with Gasteiger partial charge in [-0.1, -0.05) is 13.8 Å². The lowest BCUT2D eigenvalue weighted by atomic mass is 9.82. The molecule has 4 rings (SSSR count). The van der Waals surface area contributed by atoms with Crippen molar-refractivity contribution in [1.29, 1.82) is 0 Å². The number of carboxylic acid groups (broad SMARTS) is 1. The van der Waals surface area contributed by atoms with Crippen molar-refractivity contribution in [3.8, 4) is 5.75 Å². The fourth-order valence-electron chi connectivity index (χ4n) is 4.35. The number of H-pyrrole nitrogens is 1. The first-order chi connectivity index (χ1) is 14.3. The summed E-state index contributed by atoms with van der Waals surface area (Å²) in [6.45, 7) is 8.30. The number of carbonyl (C=O) groups is 2. The topological polar surface area (TPSA) is 107 Å². The van der Waals surface area contributed by atoms with Crippen molar-refractivity contribution >= 4 is 28.5 Å². The highest BCUT2D eigenvalue weighted by Gasteiger charge is 2.32. The molecule has 0 aliphatic carbocycles. The summed E-state index contributed by atoms with van der Waals surface area (Å²) in [4.78, 5) is 29.5. The van der Waals surface area contributed by atoms with E-state index in [2.05, 4.69) is 34.4 Å². The van der Waals surface area contributed by atoms with Gasteiger partial charge in [0.05, 0.1) is 11.3 Å². The van der Waals surface area contributed by atoms with Gasteiger partial charge in [-0.15, -0.1) is 0 Å². The van der Waals surface area contributed by atoms with Crippen molar-refractivity contribution in [1.82, 2.24) is 20.5 Å². The minimum absolute atomic E-state index is 0.189. The minimum Gasteiger partial charge on any atom is -0.478 e. The molecule has 8 nitrogen and oxygen atoms in total. The van der Waals surface area contributed by atoms with E-state index in [4.69, 9.17) is 4.74 Å². The van der Waals surface area contributed by atoms with Crippen LogP contribution in [0.15, 0.2) is 24.4 Å². The van der Waals surface area contributed by atoms with Crippen molar-refractivity contribution in [2.75, 3.05) is 32.7 Å². The van der Waals surface area contributed by atoms with Crippen molar-refractivity contribution in [2.24, 2.45) is 0 Å². The van der Waals surface area contributed by atoms with Crippen LogP contribution in [0.3, 0.4) is 0 Å². The number of carbonyl (C=O) groups excluding carboxylic acids is 1. The maximum Gasteiger partial charge on any atom is 0.412 e. The van der Waals surface area contributed by atoms with Crippen LogP contribution in [-0.4, -0.2) is 59.8 Å². The number of ether oxygens (including phenoxy) is 1. The van der Waals surface area contributed by atoms with Crippen molar-refractivity contribution in [2.45, 2.75) is 32.1 Å². The van der Waals surface area contributed by atoms with Crippen molar-refractivity contribution < 1.29 is 19.4 Å². The number of nitrogens with one attached hydrogen (secondary N) is 3. The predicted octanol–water partition coefficient (Wildman–Crippen LogP) is 2.66. The van der Waals surface area contributed by atoms with E-state index in [1.54, 1.807) is 12.1 Å². The van der Waals surface area contributed by atoms with Gasteiger partial charge in [-0.05, 0) is 43.6 Å². The highest BCUT2D eigenvalue weighted by Crippen LogP contribution is 2.39. The average Bonchev–Trinajstić information content (AvgIpc) is 3.29. The van der Waals surface area contributed by atoms with Crippen LogP contribution in [0.4, 0.5) is 4.79 Å². The molecule has 1 aromatic heterocycles. The zero-order chi connectivity index (χ0) is 21.3. The maximum absolute atomic E-state index is 12.1. The molecule has 2 aliphatic rings. The molecule has 0 radical (unpaired) electrons. The molecule has 1 saturated heterocycles. The smallest absolute Gasteiger partial charge is 0.412 e. The summed E-state index contributed by atoms with van der Waals surface area (Å²) in [5.74, 6) is -0.587. The van der Waals surface area contributed by atoms with E-state index in [1.807, 2.05) is 6.07 Å². The molecule has 1 aromatic carbocycles. The number of aromatic amines is 1. The van der Waals surface area contributed by atoms with Crippen LogP contribution in [-0.2, 0) is 10.2 Å². The van der Waals surface area contributed by atoms with E-state index >= 15 is 0 Å². The second kappa shape index (κ2) is 8.02. The van der Waals surface area contributed by atoms with E-state index < -0.39 is 12.1 Å². The van der Waals surface area contributed by atoms with Gasteiger partial charge in [-0.2, -0.15) is 0 Å². The average molecular weight is 412 g/mol. The first kappa shape index (κ1) is 20.3. The standard InChI is InChI=1S/C22H28N4O4/c1-22(2)13-23-12-16(20(27)28)19-18(22)15-6-5-14(11-17(15)25-19)30-21(29)24-7-10-26-8-3-4-9-26/h5-6,11-12,23,25H,3-4,7-10,13H2,1-2H3,(H,24,29)(H,27,28). The third kappa shape index (κ3) is 4.00. The number of amides is 1. The van der Waals surface area contributed by atoms with Gasteiger partial charge in [0.25, 0.3) is 0 Å². The first-order valence-corrected chi connectivity index (χ1v) is 10.4. The van der Waals surface area contributed by atoms with Crippen molar-refractivity contribution in [3.05, 3.63) is 35.7 Å². The Hall–Kier alpha value is -3.00. The van der Waals surface area contributed by atoms with E-state index in [1.165, 1.54) is 19.0 Å². The van der Waals surface area contributed by atoms with Gasteiger partial charge in [-0.3, -0.25) is 0 Å². The number of fused-ring (bicyclic) bond motifs is 3. The van der Waals surface area contributed by atoms with Gasteiger partial charge in [-0.25, -0.2) is 9.59 Å². The Balaban J connectivity index is 1.53. The molecular weight excluding hydrogens is 384 g/mol. The SMILES string of the molecule is CC1(C)CNC=C(C(=O)O)c2[nH]c3cc(OC(=O)NCCN4CCCC4)ccc3c21. The third-order valence-corrected chi connectivity index (χ3v) is 5.84. The number of nitrogens with zero attached hydrogens (tertiary/aromatic N) is 1. The zero-order valence-electron chi connectivity index (χ0n) is 17.4. The minimum atomic E-state index is -0.998. The van der Waals surface area contributed by atoms with Gasteiger partial charge >= 0.3 is 12.1 Å². The fraction of sp³-hybridized carbons (Fsp3) is 0.455. The fourth-order valence-corrected chi connectivity index (χ4v) is 4.35. The Morgan fingerprint density at radius 3 is 2.77 bits per heavy atom. The Labute approximate surface area is 175 Å². The van der Waals surface area contributed by atoms with Crippen LogP contribution in [0.5, 0.6) is 5.75 Å². The van der Waals surface area contributed by atoms with Crippen molar-refractivity contribution in [3.63, 3.8) is 0 Å². The number of hydrogen-bond donors (Lipinski definition) is 4.